The highest BCUT2D eigenvalue weighted by atomic mass is 16.8. The normalized spacial score (nSPS) is 48.1. The summed E-state index contributed by atoms with van der Waals surface area (Å²) in [5.41, 5.74) is 0. The lowest BCUT2D eigenvalue weighted by molar-refractivity contribution is -0.414. The van der Waals surface area contributed by atoms with Gasteiger partial charge in [0.15, 0.2) is 69.2 Å². The molecule has 11 rings (SSSR count). The largest absolute Gasteiger partial charge is 0.394 e. The maximum atomic E-state index is 13.7. The number of nitrogens with one attached hydrogen (secondary N) is 6. The van der Waals surface area contributed by atoms with Gasteiger partial charge in [-0.05, 0) is 0 Å². The van der Waals surface area contributed by atoms with Crippen molar-refractivity contribution in [1.29, 1.82) is 0 Å². The second-order valence-corrected chi connectivity index (χ2v) is 35.2. The van der Waals surface area contributed by atoms with E-state index in [1.165, 1.54) is 0 Å². The fourth-order valence-corrected chi connectivity index (χ4v) is 18.2. The summed E-state index contributed by atoms with van der Waals surface area (Å²) in [6.07, 6.45) is -110. The van der Waals surface area contributed by atoms with Crippen molar-refractivity contribution in [3.63, 3.8) is 0 Å². The van der Waals surface area contributed by atoms with E-state index >= 15 is 0 Å². The first-order valence-corrected chi connectivity index (χ1v) is 44.6. The molecule has 0 aromatic carbocycles. The van der Waals surface area contributed by atoms with Crippen LogP contribution < -0.4 is 31.9 Å². The zero-order valence-corrected chi connectivity index (χ0v) is 75.5. The molecule has 55 atom stereocenters. The summed E-state index contributed by atoms with van der Waals surface area (Å²) in [6, 6.07) is -12.2. The van der Waals surface area contributed by atoms with E-state index < -0.39 is 446 Å². The van der Waals surface area contributed by atoms with E-state index in [9.17, 15) is 177 Å². The van der Waals surface area contributed by atoms with Crippen molar-refractivity contribution in [2.45, 2.75) is 379 Å². The van der Waals surface area contributed by atoms with Crippen molar-refractivity contribution in [1.82, 2.24) is 31.9 Å². The molecule has 11 saturated heterocycles. The molecule has 11 heterocycles. The van der Waals surface area contributed by atoms with Gasteiger partial charge in [-0.25, -0.2) is 0 Å². The number of amides is 6. The van der Waals surface area contributed by atoms with Crippen LogP contribution in [0.25, 0.3) is 0 Å². The van der Waals surface area contributed by atoms with Crippen LogP contribution in [0.1, 0.15) is 41.5 Å². The average molecular weight is 2050 g/mol. The van der Waals surface area contributed by atoms with Gasteiger partial charge in [0.25, 0.3) is 0 Å². The summed E-state index contributed by atoms with van der Waals surface area (Å²) in [6.45, 7) is -8.11. The van der Waals surface area contributed by atoms with Crippen LogP contribution in [0.4, 0.5) is 0 Å². The first-order valence-electron chi connectivity index (χ1n) is 44.6. The van der Waals surface area contributed by atoms with Gasteiger partial charge in [-0.1, -0.05) is 0 Å². The monoisotopic (exact) mass is 2050 g/mol. The van der Waals surface area contributed by atoms with Crippen molar-refractivity contribution < 1.29 is 276 Å². The number of rotatable bonds is 37. The van der Waals surface area contributed by atoms with Crippen LogP contribution in [0.2, 0.25) is 0 Å². The Morgan fingerprint density at radius 2 is 0.400 bits per heavy atom. The third-order valence-corrected chi connectivity index (χ3v) is 25.4. The number of aliphatic hydroxyl groups excluding tert-OH is 29. The molecule has 0 aromatic heterocycles. The standard InChI is InChI=1S/C78H130N6O56/c1-18(95)79-35-48(108)59(29(12-90)121-68(35)119)132-71-38(82-21(4)98)50(110)62(32(15-93)127-71)136-76-58(118)65(64(137-69-36(80-19(2)96)46(106)41(101)24(7-85)122-69)34(131-76)17-120-77-66(54(114)45(105)28(11-89)126-77)139-70-37(81-20(3)97)47(107)42(102)25(8-86)123-70)138-78-67(140-73-40(84-23(6)100)51(111)61(31(14-92)129-73)135-75-56(116)53(113)44(104)27(10-88)125-75)57(117)63(33(16-94)130-78)133-72-39(83-22(5)99)49(109)60(30(13-91)128-72)134-74-55(115)52(112)43(103)26(9-87)124-74/h24-78,85-94,101-119H,7-17H2,1-6H3,(H,79,95)(H,80,96)(H,81,97)(H,82,98)(H,83,99)(H,84,100)/t24-,25-,26-,27-,28-,29-,30-,31-,32-,33-,34-,35-,36-,37-,38-,39-,40-,41-,42-,43+,44+,45-,46-,47-,48-,49-,50-,51-,52+,53+,54+,55-,56-,57+,58+,59-,60-,61-,62-,63-,64-,65-,66+,67+,68?,69+,70+,71+,72+,73+,74+,75+,76+,77+,78-/m1/s1. The van der Waals surface area contributed by atoms with Crippen molar-refractivity contribution >= 4 is 35.4 Å². The number of carbonyl (C=O) groups excluding carboxylic acids is 6. The van der Waals surface area contributed by atoms with Crippen molar-refractivity contribution in [3.8, 4) is 0 Å². The Bertz CT molecular complexity index is 3920. The van der Waals surface area contributed by atoms with Crippen LogP contribution in [0.3, 0.4) is 0 Å². The van der Waals surface area contributed by atoms with E-state index in [2.05, 4.69) is 31.9 Å². The number of hydrogen-bond acceptors (Lipinski definition) is 56. The van der Waals surface area contributed by atoms with Gasteiger partial charge >= 0.3 is 0 Å². The summed E-state index contributed by atoms with van der Waals surface area (Å²) in [5.74, 6) is -6.03. The Morgan fingerprint density at radius 1 is 0.186 bits per heavy atom. The number of carbonyl (C=O) groups is 6. The third kappa shape index (κ3) is 25.7. The highest BCUT2D eigenvalue weighted by molar-refractivity contribution is 5.75. The maximum absolute atomic E-state index is 13.7. The predicted molar refractivity (Wildman–Crippen MR) is 432 cm³/mol. The van der Waals surface area contributed by atoms with Crippen molar-refractivity contribution in [2.75, 3.05) is 72.7 Å². The van der Waals surface area contributed by atoms with Gasteiger partial charge in [0.1, 0.15) is 268 Å². The van der Waals surface area contributed by atoms with Crippen LogP contribution in [-0.4, -0.2) is 594 Å². The average Bonchev–Trinajstić information content (AvgIpc) is 0.747. The Balaban J connectivity index is 1.08. The minimum absolute atomic E-state index is 0.846. The SMILES string of the molecule is CC(=O)N[C@H]1[C@H](O[C@H]2[C@H](O)[C@@H](NC(C)=O)C(O)O[C@@H]2CO)O[C@H](CO)[C@@H](O[C@@H]2O[C@H](CO[C@H]3O[C@H](CO)[C@@H](O)[C@H](O)[C@@H]3O[C@@H]3O[C@H](CO)[C@@H](O)[C@H](O)[C@H]3NC(C)=O)[C@@H](O[C@@H]3O[C@H](CO)[C@@H](O)[C@H](O)[C@H]3NC(C)=O)[C@H](O[C@H]3O[C@H](CO)[C@@H](O[C@@H]4O[C@H](CO)[C@@H](O[C@@H]5O[C@H](CO)[C@H](O)[C@H](O)[C@H]5O)[C@H](O)[C@H]4NC(C)=O)[C@H](O)[C@@H]3O[C@@H]3O[C@H](CO)[C@@H](O[C@@H]4O[C@H](CO)[C@H](O)[C@H](O)[C@H]4O)[C@H](O)[C@H]3NC(C)=O)[C@@H]2O)[C@@H]1O. The Kier molecular flexibility index (Phi) is 41.7. The molecule has 62 heteroatoms. The second kappa shape index (κ2) is 50.7. The van der Waals surface area contributed by atoms with Gasteiger partial charge in [-0.2, -0.15) is 0 Å². The molecule has 0 radical (unpaired) electrons. The summed E-state index contributed by atoms with van der Waals surface area (Å²) in [4.78, 5) is 78.9. The highest BCUT2D eigenvalue weighted by Crippen LogP contribution is 2.43. The Labute approximate surface area is 792 Å². The Morgan fingerprint density at radius 3 is 0.729 bits per heavy atom. The third-order valence-electron chi connectivity index (χ3n) is 25.4. The molecular weight excluding hydrogens is 1920 g/mol. The molecule has 11 fully saturated rings. The maximum Gasteiger partial charge on any atom is 0.217 e. The lowest BCUT2D eigenvalue weighted by Crippen LogP contribution is -2.72. The number of aliphatic hydroxyl groups is 29. The molecule has 0 aliphatic carbocycles. The first-order chi connectivity index (χ1) is 66.3. The highest BCUT2D eigenvalue weighted by Gasteiger charge is 2.64. The first kappa shape index (κ1) is 115. The van der Waals surface area contributed by atoms with Gasteiger partial charge in [0.2, 0.25) is 35.4 Å². The van der Waals surface area contributed by atoms with E-state index in [1.807, 2.05) is 0 Å². The van der Waals surface area contributed by atoms with Gasteiger partial charge < -0.3 is 279 Å². The van der Waals surface area contributed by atoms with E-state index in [4.69, 9.17) is 99.5 Å². The fourth-order valence-electron chi connectivity index (χ4n) is 18.2. The van der Waals surface area contributed by atoms with Crippen molar-refractivity contribution in [2.24, 2.45) is 0 Å². The summed E-state index contributed by atoms with van der Waals surface area (Å²) in [5, 5.41) is 344. The molecule has 62 nitrogen and oxygen atoms in total. The molecule has 1 unspecified atom stereocenters. The van der Waals surface area contributed by atoms with Crippen molar-refractivity contribution in [3.05, 3.63) is 0 Å². The van der Waals surface area contributed by atoms with E-state index in [1.54, 1.807) is 0 Å². The molecule has 0 aromatic rings. The summed E-state index contributed by atoms with van der Waals surface area (Å²) >= 11 is 0. The molecule has 140 heavy (non-hydrogen) atoms. The molecule has 11 aliphatic rings. The molecule has 0 bridgehead atoms. The quantitative estimate of drug-likeness (QED) is 0.0275. The van der Waals surface area contributed by atoms with Gasteiger partial charge in [0, 0.05) is 41.5 Å². The zero-order chi connectivity index (χ0) is 103. The van der Waals surface area contributed by atoms with E-state index in [0.717, 1.165) is 41.5 Å². The number of ether oxygens (including phenoxy) is 21. The molecule has 35 N–H and O–H groups in total. The molecule has 11 aliphatic heterocycles. The predicted octanol–water partition coefficient (Wildman–Crippen LogP) is -24.1. The minimum Gasteiger partial charge on any atom is -0.394 e. The molecule has 808 valence electrons. The minimum atomic E-state index is -2.90. The fraction of sp³-hybridized carbons (Fsp3) is 0.923. The Hall–Kier alpha value is -5.18. The van der Waals surface area contributed by atoms with Crippen LogP contribution in [0.5, 0.6) is 0 Å². The van der Waals surface area contributed by atoms with Crippen LogP contribution in [0, 0.1) is 0 Å². The van der Waals surface area contributed by atoms with Gasteiger partial charge in [-0.15, -0.1) is 0 Å². The smallest absolute Gasteiger partial charge is 0.217 e. The molecule has 0 saturated carbocycles. The number of hydrogen-bond donors (Lipinski definition) is 35. The zero-order valence-electron chi connectivity index (χ0n) is 75.5. The molecular formula is C78H130N6O56. The van der Waals surface area contributed by atoms with Crippen LogP contribution >= 0.6 is 0 Å². The lowest BCUT2D eigenvalue weighted by Gasteiger charge is -2.53. The van der Waals surface area contributed by atoms with Crippen LogP contribution in [-0.2, 0) is 128 Å². The van der Waals surface area contributed by atoms with E-state index in [-0.39, 0.29) is 0 Å². The molecule has 6 amide bonds. The topological polar surface area (TPSA) is 955 Å². The second-order valence-electron chi connectivity index (χ2n) is 35.2. The van der Waals surface area contributed by atoms with Gasteiger partial charge in [-0.3, -0.25) is 28.8 Å². The summed E-state index contributed by atoms with van der Waals surface area (Å²) < 4.78 is 129. The van der Waals surface area contributed by atoms with Gasteiger partial charge in [0.05, 0.1) is 72.7 Å². The van der Waals surface area contributed by atoms with Crippen LogP contribution in [0.15, 0.2) is 0 Å². The van der Waals surface area contributed by atoms with E-state index in [0.29, 0.717) is 0 Å². The summed E-state index contributed by atoms with van der Waals surface area (Å²) in [7, 11) is 0. The lowest BCUT2D eigenvalue weighted by atomic mass is 9.93. The molecule has 0 spiro atoms.